The van der Waals surface area contributed by atoms with Crippen LogP contribution in [0, 0.1) is 0 Å². The predicted molar refractivity (Wildman–Crippen MR) is 120 cm³/mol. The lowest BCUT2D eigenvalue weighted by molar-refractivity contribution is -0.122. The number of carbonyl (C=O) groups excluding carboxylic acids is 1. The molecule has 0 radical (unpaired) electrons. The lowest BCUT2D eigenvalue weighted by Crippen LogP contribution is -2.43. The Morgan fingerprint density at radius 1 is 1.17 bits per heavy atom. The molecule has 3 heterocycles. The highest BCUT2D eigenvalue weighted by molar-refractivity contribution is 7.22. The average Bonchev–Trinajstić information content (AvgIpc) is 3.32. The van der Waals surface area contributed by atoms with Gasteiger partial charge in [0.1, 0.15) is 6.04 Å². The van der Waals surface area contributed by atoms with Crippen LogP contribution in [0.15, 0.2) is 30.3 Å². The Labute approximate surface area is 180 Å². The number of rotatable bonds is 6. The molecule has 2 aliphatic rings. The van der Waals surface area contributed by atoms with Gasteiger partial charge in [-0.25, -0.2) is 4.98 Å². The molecule has 1 N–H and O–H groups in total. The van der Waals surface area contributed by atoms with Crippen molar-refractivity contribution in [2.75, 3.05) is 30.4 Å². The number of fused-ring (bicyclic) bond motifs is 1. The van der Waals surface area contributed by atoms with Gasteiger partial charge in [-0.1, -0.05) is 41.7 Å². The van der Waals surface area contributed by atoms with E-state index in [9.17, 15) is 4.79 Å². The van der Waals surface area contributed by atoms with Gasteiger partial charge in [0.2, 0.25) is 11.9 Å². The molecule has 30 heavy (non-hydrogen) atoms. The minimum atomic E-state index is -0.181. The Hall–Kier alpha value is -2.74. The number of hydrogen-bond donors (Lipinski definition) is 1. The number of thiazole rings is 1. The fourth-order valence-electron chi connectivity index (χ4n) is 3.95. The molecular formula is C22H26N6OS. The van der Waals surface area contributed by atoms with Crippen molar-refractivity contribution in [2.24, 2.45) is 0 Å². The van der Waals surface area contributed by atoms with E-state index in [-0.39, 0.29) is 11.9 Å². The van der Waals surface area contributed by atoms with Crippen molar-refractivity contribution < 1.29 is 4.79 Å². The summed E-state index contributed by atoms with van der Waals surface area (Å²) in [6, 6.07) is 9.84. The normalized spacial score (nSPS) is 18.7. The summed E-state index contributed by atoms with van der Waals surface area (Å²) in [4.78, 5) is 31.3. The highest BCUT2D eigenvalue weighted by Gasteiger charge is 2.34. The number of hydrogen-bond acceptors (Lipinski definition) is 7. The summed E-state index contributed by atoms with van der Waals surface area (Å²) in [5.41, 5.74) is 2.98. The van der Waals surface area contributed by atoms with Crippen molar-refractivity contribution in [3.8, 4) is 0 Å². The summed E-state index contributed by atoms with van der Waals surface area (Å²) >= 11 is 1.64. The van der Waals surface area contributed by atoms with E-state index >= 15 is 0 Å². The number of nitrogens with zero attached hydrogens (tertiary/aromatic N) is 5. The van der Waals surface area contributed by atoms with E-state index in [1.54, 1.807) is 11.3 Å². The topological polar surface area (TPSA) is 74.2 Å². The van der Waals surface area contributed by atoms with Gasteiger partial charge >= 0.3 is 0 Å². The third-order valence-electron chi connectivity index (χ3n) is 5.73. The third-order valence-corrected chi connectivity index (χ3v) is 6.84. The van der Waals surface area contributed by atoms with Crippen LogP contribution in [-0.2, 0) is 11.3 Å². The van der Waals surface area contributed by atoms with Gasteiger partial charge in [0.15, 0.2) is 10.8 Å². The summed E-state index contributed by atoms with van der Waals surface area (Å²) in [7, 11) is 3.91. The number of anilines is 2. The molecule has 2 aromatic heterocycles. The van der Waals surface area contributed by atoms with E-state index in [2.05, 4.69) is 15.2 Å². The molecule has 2 fully saturated rings. The molecule has 8 heteroatoms. The number of benzene rings is 1. The van der Waals surface area contributed by atoms with Crippen molar-refractivity contribution in [3.63, 3.8) is 0 Å². The van der Waals surface area contributed by atoms with Crippen LogP contribution in [0.25, 0.3) is 10.3 Å². The van der Waals surface area contributed by atoms with E-state index < -0.39 is 0 Å². The molecule has 3 aromatic rings. The predicted octanol–water partition coefficient (Wildman–Crippen LogP) is 3.31. The molecule has 1 aliphatic heterocycles. The zero-order valence-electron chi connectivity index (χ0n) is 17.3. The highest BCUT2D eigenvalue weighted by atomic mass is 32.1. The molecule has 156 valence electrons. The number of aromatic nitrogens is 3. The van der Waals surface area contributed by atoms with Crippen molar-refractivity contribution in [3.05, 3.63) is 41.6 Å². The van der Waals surface area contributed by atoms with Crippen LogP contribution in [0.1, 0.15) is 42.9 Å². The maximum absolute atomic E-state index is 12.9. The van der Waals surface area contributed by atoms with E-state index in [1.807, 2.05) is 49.3 Å². The summed E-state index contributed by atoms with van der Waals surface area (Å²) in [5.74, 6) is 1.30. The van der Waals surface area contributed by atoms with Gasteiger partial charge in [0.05, 0.1) is 10.4 Å². The zero-order chi connectivity index (χ0) is 20.7. The Balaban J connectivity index is 1.39. The van der Waals surface area contributed by atoms with Crippen LogP contribution in [0.3, 0.4) is 0 Å². The van der Waals surface area contributed by atoms with Gasteiger partial charge in [-0.3, -0.25) is 4.79 Å². The van der Waals surface area contributed by atoms with Crippen molar-refractivity contribution >= 4 is 38.7 Å². The quantitative estimate of drug-likeness (QED) is 0.657. The first-order chi connectivity index (χ1) is 14.6. The SMILES string of the molecule is CN(C)c1nc(C2CC2)c2sc(N3CCCC3C(=O)NCc3ccccc3)nc2n1. The molecule has 7 nitrogen and oxygen atoms in total. The third kappa shape index (κ3) is 3.71. The van der Waals surface area contributed by atoms with Crippen LogP contribution in [0.2, 0.25) is 0 Å². The summed E-state index contributed by atoms with van der Waals surface area (Å²) < 4.78 is 1.08. The fraction of sp³-hybridized carbons (Fsp3) is 0.455. The highest BCUT2D eigenvalue weighted by Crippen LogP contribution is 2.45. The summed E-state index contributed by atoms with van der Waals surface area (Å²) in [5, 5.41) is 3.98. The minimum Gasteiger partial charge on any atom is -0.350 e. The second kappa shape index (κ2) is 7.83. The molecule has 1 aromatic carbocycles. The molecule has 1 unspecified atom stereocenters. The van der Waals surface area contributed by atoms with E-state index in [1.165, 1.54) is 12.8 Å². The van der Waals surface area contributed by atoms with Gasteiger partial charge in [-0.05, 0) is 31.2 Å². The maximum Gasteiger partial charge on any atom is 0.243 e. The van der Waals surface area contributed by atoms with Crippen LogP contribution >= 0.6 is 11.3 Å². The van der Waals surface area contributed by atoms with E-state index in [0.717, 1.165) is 46.1 Å². The van der Waals surface area contributed by atoms with E-state index in [4.69, 9.17) is 9.97 Å². The Kier molecular flexibility index (Phi) is 5.02. The van der Waals surface area contributed by atoms with Crippen molar-refractivity contribution in [1.82, 2.24) is 20.3 Å². The second-order valence-corrected chi connectivity index (χ2v) is 9.26. The first-order valence-corrected chi connectivity index (χ1v) is 11.4. The minimum absolute atomic E-state index is 0.0677. The molecule has 0 spiro atoms. The summed E-state index contributed by atoms with van der Waals surface area (Å²) in [6.45, 7) is 1.39. The average molecular weight is 423 g/mol. The van der Waals surface area contributed by atoms with Gasteiger partial charge in [0, 0.05) is 33.1 Å². The molecular weight excluding hydrogens is 396 g/mol. The first kappa shape index (κ1) is 19.2. The number of nitrogens with one attached hydrogen (secondary N) is 1. The van der Waals surface area contributed by atoms with Crippen LogP contribution in [-0.4, -0.2) is 47.5 Å². The Morgan fingerprint density at radius 3 is 2.70 bits per heavy atom. The Bertz CT molecular complexity index is 1060. The smallest absolute Gasteiger partial charge is 0.243 e. The molecule has 5 rings (SSSR count). The lowest BCUT2D eigenvalue weighted by Gasteiger charge is -2.23. The lowest BCUT2D eigenvalue weighted by atomic mass is 10.2. The van der Waals surface area contributed by atoms with Gasteiger partial charge in [0.25, 0.3) is 0 Å². The number of amides is 1. The monoisotopic (exact) mass is 422 g/mol. The van der Waals surface area contributed by atoms with E-state index in [0.29, 0.717) is 18.4 Å². The second-order valence-electron chi connectivity index (χ2n) is 8.28. The van der Waals surface area contributed by atoms with Crippen molar-refractivity contribution in [1.29, 1.82) is 0 Å². The molecule has 0 bridgehead atoms. The van der Waals surface area contributed by atoms with Crippen LogP contribution < -0.4 is 15.1 Å². The van der Waals surface area contributed by atoms with Gasteiger partial charge < -0.3 is 15.1 Å². The summed E-state index contributed by atoms with van der Waals surface area (Å²) in [6.07, 6.45) is 4.20. The van der Waals surface area contributed by atoms with Gasteiger partial charge in [-0.15, -0.1) is 0 Å². The van der Waals surface area contributed by atoms with Crippen molar-refractivity contribution in [2.45, 2.75) is 44.2 Å². The zero-order valence-corrected chi connectivity index (χ0v) is 18.2. The number of carbonyl (C=O) groups is 1. The van der Waals surface area contributed by atoms with Crippen LogP contribution in [0.4, 0.5) is 11.1 Å². The maximum atomic E-state index is 12.9. The standard InChI is InChI=1S/C22H26N6OS/c1-27(2)21-24-17(15-10-11-15)18-19(25-21)26-22(30-18)28-12-6-9-16(28)20(29)23-13-14-7-4-3-5-8-14/h3-5,7-8,15-16H,6,9-13H2,1-2H3,(H,23,29). The van der Waals surface area contributed by atoms with Gasteiger partial charge in [-0.2, -0.15) is 9.97 Å². The largest absolute Gasteiger partial charge is 0.350 e. The van der Waals surface area contributed by atoms with Crippen LogP contribution in [0.5, 0.6) is 0 Å². The molecule has 1 aliphatic carbocycles. The fourth-order valence-corrected chi connectivity index (χ4v) is 5.10. The molecule has 1 amide bonds. The Morgan fingerprint density at radius 2 is 1.97 bits per heavy atom. The molecule has 1 saturated heterocycles. The first-order valence-electron chi connectivity index (χ1n) is 10.5. The molecule has 1 atom stereocenters. The molecule has 1 saturated carbocycles.